The Kier molecular flexibility index (Phi) is 4.25. The monoisotopic (exact) mass is 317 g/mol. The number of benzene rings is 1. The Labute approximate surface area is 120 Å². The van der Waals surface area contributed by atoms with E-state index in [1.165, 1.54) is 0 Å². The van der Waals surface area contributed by atoms with Crippen molar-refractivity contribution in [2.45, 2.75) is 6.18 Å². The summed E-state index contributed by atoms with van der Waals surface area (Å²) in [5.41, 5.74) is 1.63. The molecule has 1 aromatic heterocycles. The number of hydrazine groups is 1. The van der Waals surface area contributed by atoms with Crippen molar-refractivity contribution in [2.24, 2.45) is 0 Å². The molecule has 22 heavy (non-hydrogen) atoms. The summed E-state index contributed by atoms with van der Waals surface area (Å²) in [5, 5.41) is 0. The lowest BCUT2D eigenvalue weighted by Crippen LogP contribution is -2.32. The molecule has 0 unspecified atom stereocenters. The van der Waals surface area contributed by atoms with Crippen LogP contribution in [0.3, 0.4) is 0 Å². The molecule has 0 aliphatic rings. The van der Waals surface area contributed by atoms with E-state index in [2.05, 4.69) is 4.98 Å². The van der Waals surface area contributed by atoms with E-state index in [0.29, 0.717) is 0 Å². The van der Waals surface area contributed by atoms with E-state index in [-0.39, 0.29) is 0 Å². The van der Waals surface area contributed by atoms with E-state index >= 15 is 0 Å². The highest BCUT2D eigenvalue weighted by Crippen LogP contribution is 2.33. The summed E-state index contributed by atoms with van der Waals surface area (Å²) in [6.07, 6.45) is -3.64. The van der Waals surface area contributed by atoms with E-state index in [9.17, 15) is 26.7 Å². The first-order chi connectivity index (χ1) is 10.3. The van der Waals surface area contributed by atoms with Crippen LogP contribution in [0, 0.1) is 11.6 Å². The second kappa shape index (κ2) is 5.96. The summed E-state index contributed by atoms with van der Waals surface area (Å²) in [4.78, 5) is 15.1. The normalized spacial score (nSPS) is 11.1. The fourth-order valence-electron chi connectivity index (χ4n) is 1.63. The molecule has 1 heterocycles. The van der Waals surface area contributed by atoms with Crippen LogP contribution in [0.1, 0.15) is 15.9 Å². The molecule has 2 aromatic rings. The number of aromatic nitrogens is 1. The number of alkyl halides is 3. The van der Waals surface area contributed by atoms with Gasteiger partial charge in [-0.3, -0.25) is 15.6 Å². The first-order valence-electron chi connectivity index (χ1n) is 5.83. The standard InChI is InChI=1S/C13H8F5N3O/c14-8-4-1-5-9(15)10(8)12(22)21-20-11-7(13(16,17)18)3-2-6-19-11/h1-6H,(H,19,20)(H,21,22). The Hall–Kier alpha value is -2.71. The number of hydrogen-bond acceptors (Lipinski definition) is 3. The smallest absolute Gasteiger partial charge is 0.281 e. The fraction of sp³-hybridized carbons (Fsp3) is 0.0769. The van der Waals surface area contributed by atoms with Crippen molar-refractivity contribution in [1.29, 1.82) is 0 Å². The molecule has 9 heteroatoms. The third-order valence-electron chi connectivity index (χ3n) is 2.60. The summed E-state index contributed by atoms with van der Waals surface area (Å²) < 4.78 is 64.9. The number of amides is 1. The third kappa shape index (κ3) is 3.30. The number of nitrogens with one attached hydrogen (secondary N) is 2. The minimum Gasteiger partial charge on any atom is -0.281 e. The topological polar surface area (TPSA) is 54.0 Å². The number of pyridine rings is 1. The number of carbonyl (C=O) groups is 1. The zero-order valence-electron chi connectivity index (χ0n) is 10.7. The molecule has 116 valence electrons. The van der Waals surface area contributed by atoms with Gasteiger partial charge in [-0.05, 0) is 24.3 Å². The molecule has 0 saturated heterocycles. The van der Waals surface area contributed by atoms with Crippen molar-refractivity contribution in [2.75, 3.05) is 5.43 Å². The van der Waals surface area contributed by atoms with Crippen molar-refractivity contribution in [3.05, 3.63) is 59.3 Å². The van der Waals surface area contributed by atoms with Crippen LogP contribution in [-0.2, 0) is 6.18 Å². The molecular weight excluding hydrogens is 309 g/mol. The quantitative estimate of drug-likeness (QED) is 0.675. The number of anilines is 1. The van der Waals surface area contributed by atoms with Crippen molar-refractivity contribution < 1.29 is 26.7 Å². The molecule has 0 atom stereocenters. The number of nitrogens with zero attached hydrogens (tertiary/aromatic N) is 1. The number of hydrogen-bond donors (Lipinski definition) is 2. The largest absolute Gasteiger partial charge is 0.420 e. The van der Waals surface area contributed by atoms with Gasteiger partial charge in [-0.15, -0.1) is 0 Å². The molecular formula is C13H8F5N3O. The Morgan fingerprint density at radius 3 is 2.27 bits per heavy atom. The third-order valence-corrected chi connectivity index (χ3v) is 2.60. The number of carbonyl (C=O) groups excluding carboxylic acids is 1. The van der Waals surface area contributed by atoms with E-state index in [1.807, 2.05) is 5.43 Å². The average molecular weight is 317 g/mol. The molecule has 1 aromatic carbocycles. The molecule has 0 saturated carbocycles. The Morgan fingerprint density at radius 1 is 1.05 bits per heavy atom. The predicted octanol–water partition coefficient (Wildman–Crippen LogP) is 3.14. The molecule has 2 rings (SSSR count). The van der Waals surface area contributed by atoms with Gasteiger partial charge in [0, 0.05) is 6.20 Å². The van der Waals surface area contributed by atoms with Gasteiger partial charge < -0.3 is 0 Å². The Balaban J connectivity index is 2.19. The maximum atomic E-state index is 13.4. The van der Waals surface area contributed by atoms with Gasteiger partial charge >= 0.3 is 6.18 Å². The maximum Gasteiger partial charge on any atom is 0.420 e. The van der Waals surface area contributed by atoms with Gasteiger partial charge in [0.05, 0.1) is 5.56 Å². The lowest BCUT2D eigenvalue weighted by molar-refractivity contribution is -0.137. The van der Waals surface area contributed by atoms with Crippen molar-refractivity contribution in [1.82, 2.24) is 10.4 Å². The Bertz CT molecular complexity index is 682. The van der Waals surface area contributed by atoms with Crippen molar-refractivity contribution in [3.8, 4) is 0 Å². The summed E-state index contributed by atoms with van der Waals surface area (Å²) >= 11 is 0. The maximum absolute atomic E-state index is 13.4. The highest BCUT2D eigenvalue weighted by atomic mass is 19.4. The van der Waals surface area contributed by atoms with Gasteiger partial charge in [0.15, 0.2) is 5.82 Å². The van der Waals surface area contributed by atoms with Gasteiger partial charge in [0.25, 0.3) is 5.91 Å². The van der Waals surface area contributed by atoms with E-state index in [1.54, 1.807) is 5.43 Å². The summed E-state index contributed by atoms with van der Waals surface area (Å²) in [5.74, 6) is -4.25. The molecule has 0 aliphatic carbocycles. The zero-order valence-corrected chi connectivity index (χ0v) is 10.7. The summed E-state index contributed by atoms with van der Waals surface area (Å²) in [6.45, 7) is 0. The molecule has 0 spiro atoms. The lowest BCUT2D eigenvalue weighted by Gasteiger charge is -2.14. The van der Waals surface area contributed by atoms with Crippen molar-refractivity contribution in [3.63, 3.8) is 0 Å². The van der Waals surface area contributed by atoms with Gasteiger partial charge in [-0.25, -0.2) is 13.8 Å². The molecule has 2 N–H and O–H groups in total. The number of halogens is 5. The molecule has 4 nitrogen and oxygen atoms in total. The van der Waals surface area contributed by atoms with Crippen molar-refractivity contribution >= 4 is 11.7 Å². The minimum atomic E-state index is -4.70. The number of rotatable bonds is 3. The molecule has 0 radical (unpaired) electrons. The van der Waals surface area contributed by atoms with Crippen LogP contribution < -0.4 is 10.9 Å². The van der Waals surface area contributed by atoms with Crippen LogP contribution in [0.4, 0.5) is 27.8 Å². The van der Waals surface area contributed by atoms with Gasteiger partial charge in [0.2, 0.25) is 0 Å². The van der Waals surface area contributed by atoms with Crippen LogP contribution in [0.15, 0.2) is 36.5 Å². The van der Waals surface area contributed by atoms with Gasteiger partial charge in [-0.2, -0.15) is 13.2 Å². The molecule has 0 aliphatic heterocycles. The fourth-order valence-corrected chi connectivity index (χ4v) is 1.63. The van der Waals surface area contributed by atoms with Crippen LogP contribution >= 0.6 is 0 Å². The predicted molar refractivity (Wildman–Crippen MR) is 66.7 cm³/mol. The van der Waals surface area contributed by atoms with Crippen LogP contribution in [0.2, 0.25) is 0 Å². The SMILES string of the molecule is O=C(NNc1ncccc1C(F)(F)F)c1c(F)cccc1F. The highest BCUT2D eigenvalue weighted by Gasteiger charge is 2.34. The summed E-state index contributed by atoms with van der Waals surface area (Å²) in [6, 6.07) is 4.55. The zero-order chi connectivity index (χ0) is 16.3. The first kappa shape index (κ1) is 15.7. The van der Waals surface area contributed by atoms with Gasteiger partial charge in [0.1, 0.15) is 17.2 Å². The van der Waals surface area contributed by atoms with E-state index in [4.69, 9.17) is 0 Å². The minimum absolute atomic E-state index is 0.694. The molecule has 0 fully saturated rings. The average Bonchev–Trinajstić information content (AvgIpc) is 2.44. The molecule has 0 bridgehead atoms. The lowest BCUT2D eigenvalue weighted by atomic mass is 10.2. The van der Waals surface area contributed by atoms with Crippen LogP contribution in [0.25, 0.3) is 0 Å². The van der Waals surface area contributed by atoms with E-state index in [0.717, 1.165) is 36.5 Å². The molecule has 1 amide bonds. The van der Waals surface area contributed by atoms with Crippen LogP contribution in [-0.4, -0.2) is 10.9 Å². The first-order valence-corrected chi connectivity index (χ1v) is 5.83. The van der Waals surface area contributed by atoms with Gasteiger partial charge in [-0.1, -0.05) is 6.07 Å². The van der Waals surface area contributed by atoms with Crippen LogP contribution in [0.5, 0.6) is 0 Å². The summed E-state index contributed by atoms with van der Waals surface area (Å²) in [7, 11) is 0. The Morgan fingerprint density at radius 2 is 1.68 bits per heavy atom. The van der Waals surface area contributed by atoms with E-state index < -0.39 is 40.7 Å². The second-order valence-electron chi connectivity index (χ2n) is 4.07. The second-order valence-corrected chi connectivity index (χ2v) is 4.07. The highest BCUT2D eigenvalue weighted by molar-refractivity contribution is 5.95.